The lowest BCUT2D eigenvalue weighted by molar-refractivity contribution is 0.590. The molecule has 5 heteroatoms. The van der Waals surface area contributed by atoms with Crippen LogP contribution < -0.4 is 15.7 Å². The van der Waals surface area contributed by atoms with Crippen molar-refractivity contribution in [3.05, 3.63) is 139 Å². The van der Waals surface area contributed by atoms with Gasteiger partial charge in [0.25, 0.3) is 0 Å². The van der Waals surface area contributed by atoms with Gasteiger partial charge in [0.15, 0.2) is 0 Å². The number of rotatable bonds is 1. The van der Waals surface area contributed by atoms with Gasteiger partial charge in [-0.25, -0.2) is 0 Å². The van der Waals surface area contributed by atoms with Crippen LogP contribution in [0.25, 0.3) is 80.7 Å². The largest absolute Gasteiger partial charge is 0.456 e. The van der Waals surface area contributed by atoms with Gasteiger partial charge < -0.3 is 13.8 Å². The van der Waals surface area contributed by atoms with Gasteiger partial charge in [0.1, 0.15) is 11.2 Å². The number of anilines is 2. The van der Waals surface area contributed by atoms with Gasteiger partial charge in [0.2, 0.25) is 0 Å². The van der Waals surface area contributed by atoms with Crippen LogP contribution in [0.5, 0.6) is 0 Å². The number of hydrogen-bond donors (Lipinski definition) is 0. The smallest absolute Gasteiger partial charge is 0.333 e. The molecule has 7 aromatic carbocycles. The lowest BCUT2D eigenvalue weighted by atomic mass is 9.43. The first-order valence-electron chi connectivity index (χ1n) is 19.5. The summed E-state index contributed by atoms with van der Waals surface area (Å²) >= 11 is 1.90. The van der Waals surface area contributed by atoms with Crippen molar-refractivity contribution in [1.82, 2.24) is 4.57 Å². The van der Waals surface area contributed by atoms with Crippen LogP contribution in [0, 0.1) is 0 Å². The molecule has 2 aliphatic heterocycles. The third-order valence-corrected chi connectivity index (χ3v) is 13.6. The zero-order valence-corrected chi connectivity index (χ0v) is 32.7. The fourth-order valence-corrected chi connectivity index (χ4v) is 10.8. The molecule has 3 aromatic heterocycles. The SMILES string of the molecule is CC(C)(C)c1ccc(N2B3c4cc(C(C)(C)C)ccc4-n4c5cc6oc7ccccc7c6cc5c5ccc(c3c54)-c3cc4sc5ccccc5c4cc32)cc1. The van der Waals surface area contributed by atoms with E-state index in [0.717, 1.165) is 21.9 Å². The molecule has 0 saturated heterocycles. The first-order chi connectivity index (χ1) is 26.5. The average Bonchev–Trinajstić information content (AvgIpc) is 3.83. The maximum Gasteiger partial charge on any atom is 0.333 e. The van der Waals surface area contributed by atoms with E-state index in [-0.39, 0.29) is 17.7 Å². The minimum Gasteiger partial charge on any atom is -0.456 e. The average molecular weight is 727 g/mol. The number of hydrogen-bond acceptors (Lipinski definition) is 3. The fourth-order valence-electron chi connectivity index (χ4n) is 9.70. The summed E-state index contributed by atoms with van der Waals surface area (Å²) in [6, 6.07) is 48.4. The molecule has 5 heterocycles. The van der Waals surface area contributed by atoms with E-state index in [1.165, 1.54) is 92.2 Å². The molecule has 0 amide bonds. The monoisotopic (exact) mass is 726 g/mol. The number of aromatic nitrogens is 1. The van der Waals surface area contributed by atoms with Crippen LogP contribution in [0.3, 0.4) is 0 Å². The van der Waals surface area contributed by atoms with Gasteiger partial charge in [-0.2, -0.15) is 0 Å². The molecule has 0 N–H and O–H groups in total. The van der Waals surface area contributed by atoms with Gasteiger partial charge in [-0.1, -0.05) is 114 Å². The van der Waals surface area contributed by atoms with Crippen LogP contribution in [-0.2, 0) is 10.8 Å². The molecule has 2 aliphatic rings. The van der Waals surface area contributed by atoms with E-state index in [0.29, 0.717) is 0 Å². The van der Waals surface area contributed by atoms with Crippen LogP contribution in [0.2, 0.25) is 0 Å². The van der Waals surface area contributed by atoms with Crippen molar-refractivity contribution < 1.29 is 4.42 Å². The Kier molecular flexibility index (Phi) is 6.02. The van der Waals surface area contributed by atoms with Gasteiger partial charge >= 0.3 is 6.85 Å². The third-order valence-electron chi connectivity index (χ3n) is 12.5. The highest BCUT2D eigenvalue weighted by Crippen LogP contribution is 2.49. The summed E-state index contributed by atoms with van der Waals surface area (Å²) in [4.78, 5) is 2.67. The quantitative estimate of drug-likeness (QED) is 0.157. The van der Waals surface area contributed by atoms with E-state index in [4.69, 9.17) is 4.42 Å². The van der Waals surface area contributed by atoms with E-state index in [1.54, 1.807) is 0 Å². The summed E-state index contributed by atoms with van der Waals surface area (Å²) < 4.78 is 11.7. The topological polar surface area (TPSA) is 21.3 Å². The normalized spacial score (nSPS) is 13.9. The molecule has 55 heavy (non-hydrogen) atoms. The summed E-state index contributed by atoms with van der Waals surface area (Å²) in [7, 11) is 0. The summed E-state index contributed by atoms with van der Waals surface area (Å²) in [5.41, 5.74) is 16.1. The highest BCUT2D eigenvalue weighted by Gasteiger charge is 2.44. The number of fused-ring (bicyclic) bond motifs is 14. The van der Waals surface area contributed by atoms with Crippen LogP contribution >= 0.6 is 11.3 Å². The summed E-state index contributed by atoms with van der Waals surface area (Å²) in [6.45, 7) is 13.8. The number of furan rings is 1. The lowest BCUT2D eigenvalue weighted by Crippen LogP contribution is -2.60. The Morgan fingerprint density at radius 1 is 0.527 bits per heavy atom. The molecule has 0 spiro atoms. The number of para-hydroxylation sites is 1. The van der Waals surface area contributed by atoms with Crippen molar-refractivity contribution in [2.45, 2.75) is 52.4 Å². The number of nitrogens with zero attached hydrogens (tertiary/aromatic N) is 2. The van der Waals surface area contributed by atoms with E-state index in [9.17, 15) is 0 Å². The second kappa shape index (κ2) is 10.5. The molecule has 264 valence electrons. The highest BCUT2D eigenvalue weighted by atomic mass is 32.1. The maximum absolute atomic E-state index is 6.53. The molecule has 12 rings (SSSR count). The Labute approximate surface area is 324 Å². The molecular weight excluding hydrogens is 687 g/mol. The van der Waals surface area contributed by atoms with Crippen LogP contribution in [0.4, 0.5) is 11.4 Å². The Bertz CT molecular complexity index is 3290. The zero-order chi connectivity index (χ0) is 37.1. The van der Waals surface area contributed by atoms with Crippen LogP contribution in [0.1, 0.15) is 52.7 Å². The first-order valence-corrected chi connectivity index (χ1v) is 20.3. The van der Waals surface area contributed by atoms with Gasteiger partial charge in [-0.3, -0.25) is 0 Å². The summed E-state index contributed by atoms with van der Waals surface area (Å²) in [6.07, 6.45) is 0. The minimum atomic E-state index is -0.0352. The van der Waals surface area contributed by atoms with Crippen molar-refractivity contribution in [2.75, 3.05) is 4.81 Å². The van der Waals surface area contributed by atoms with E-state index in [2.05, 4.69) is 178 Å². The Morgan fingerprint density at radius 3 is 2.07 bits per heavy atom. The van der Waals surface area contributed by atoms with Crippen LogP contribution in [-0.4, -0.2) is 11.4 Å². The van der Waals surface area contributed by atoms with Gasteiger partial charge in [-0.15, -0.1) is 11.3 Å². The second-order valence-corrected chi connectivity index (χ2v) is 18.9. The van der Waals surface area contributed by atoms with Crippen LogP contribution in [0.15, 0.2) is 132 Å². The fraction of sp³-hybridized carbons (Fsp3) is 0.160. The van der Waals surface area contributed by atoms with Crippen molar-refractivity contribution >= 4 is 104 Å². The standard InChI is InChI=1S/C50H39BN2OS/c1-49(2,3)28-15-18-30(19-16-28)53-42-25-38-32-12-8-10-14-45(32)55-46(38)26-36(42)33-20-21-34-35-24-37-31-11-7-9-13-43(31)54-44(37)27-41(35)52-40-22-17-29(50(4,5)6)23-39(40)51(53)47(33)48(34)52/h7-27H,1-6H3. The van der Waals surface area contributed by atoms with Gasteiger partial charge in [0, 0.05) is 70.4 Å². The maximum atomic E-state index is 6.53. The Hall–Kier alpha value is -5.78. The van der Waals surface area contributed by atoms with E-state index >= 15 is 0 Å². The molecule has 0 unspecified atom stereocenters. The minimum absolute atomic E-state index is 0.0170. The number of benzene rings is 7. The molecule has 0 bridgehead atoms. The first kappa shape index (κ1) is 31.6. The van der Waals surface area contributed by atoms with E-state index in [1.807, 2.05) is 11.3 Å². The molecule has 0 fully saturated rings. The van der Waals surface area contributed by atoms with Crippen molar-refractivity contribution in [2.24, 2.45) is 0 Å². The molecule has 0 aliphatic carbocycles. The Morgan fingerprint density at radius 2 is 1.27 bits per heavy atom. The summed E-state index contributed by atoms with van der Waals surface area (Å²) in [5, 5.41) is 7.51. The van der Waals surface area contributed by atoms with Crippen molar-refractivity contribution in [3.8, 4) is 16.8 Å². The third kappa shape index (κ3) is 4.22. The highest BCUT2D eigenvalue weighted by molar-refractivity contribution is 7.25. The summed E-state index contributed by atoms with van der Waals surface area (Å²) in [5.74, 6) is 0. The predicted octanol–water partition coefficient (Wildman–Crippen LogP) is 12.9. The molecule has 0 atom stereocenters. The molecule has 3 nitrogen and oxygen atoms in total. The molecule has 0 radical (unpaired) electrons. The predicted molar refractivity (Wildman–Crippen MR) is 237 cm³/mol. The van der Waals surface area contributed by atoms with Gasteiger partial charge in [0.05, 0.1) is 11.0 Å². The molecule has 10 aromatic rings. The number of thiophene rings is 1. The Balaban J connectivity index is 1.25. The second-order valence-electron chi connectivity index (χ2n) is 17.8. The van der Waals surface area contributed by atoms with Crippen molar-refractivity contribution in [1.29, 1.82) is 0 Å². The molecular formula is C50H39BN2OS. The lowest BCUT2D eigenvalue weighted by Gasteiger charge is -2.42. The van der Waals surface area contributed by atoms with Crippen molar-refractivity contribution in [3.63, 3.8) is 0 Å². The molecule has 0 saturated carbocycles. The van der Waals surface area contributed by atoms with E-state index < -0.39 is 0 Å². The van der Waals surface area contributed by atoms with Gasteiger partial charge in [-0.05, 0) is 87.0 Å². The zero-order valence-electron chi connectivity index (χ0n) is 31.9.